The molecule has 7 nitrogen and oxygen atoms in total. The number of aromatic amines is 1. The van der Waals surface area contributed by atoms with Gasteiger partial charge >= 0.3 is 0 Å². The van der Waals surface area contributed by atoms with Crippen molar-refractivity contribution in [3.63, 3.8) is 0 Å². The van der Waals surface area contributed by atoms with Gasteiger partial charge in [0.1, 0.15) is 29.5 Å². The third-order valence-electron chi connectivity index (χ3n) is 5.74. The standard InChI is InChI=1S/C25H27N3O4/c1-3-30-22-13-17-11-15(2)32-23(17)12-16(22)6-9-24(29)26-18-7-8-19-20(14-18)28-25(27-19)21-5-4-10-31-21/h6-9,12-15,21H,3-5,10-11H2,1-2H3,(H,26,29)(H,27,28)/b9-6+. The van der Waals surface area contributed by atoms with E-state index >= 15 is 0 Å². The number of aromatic nitrogens is 2. The maximum absolute atomic E-state index is 12.6. The van der Waals surface area contributed by atoms with Gasteiger partial charge < -0.3 is 24.5 Å². The highest BCUT2D eigenvalue weighted by molar-refractivity contribution is 6.03. The average Bonchev–Trinajstić information content (AvgIpc) is 3.50. The normalized spacial score (nSPS) is 19.9. The first-order chi connectivity index (χ1) is 15.6. The van der Waals surface area contributed by atoms with Crippen molar-refractivity contribution in [2.75, 3.05) is 18.5 Å². The summed E-state index contributed by atoms with van der Waals surface area (Å²) in [6, 6.07) is 9.59. The van der Waals surface area contributed by atoms with E-state index in [-0.39, 0.29) is 18.1 Å². The van der Waals surface area contributed by atoms with Gasteiger partial charge in [-0.1, -0.05) is 0 Å². The number of nitrogens with zero attached hydrogens (tertiary/aromatic N) is 1. The van der Waals surface area contributed by atoms with E-state index in [0.29, 0.717) is 12.3 Å². The predicted octanol–water partition coefficient (Wildman–Crippen LogP) is 4.79. The fourth-order valence-electron chi connectivity index (χ4n) is 4.27. The van der Waals surface area contributed by atoms with Crippen LogP contribution in [0.15, 0.2) is 36.4 Å². The van der Waals surface area contributed by atoms with Crippen LogP contribution in [0.3, 0.4) is 0 Å². The zero-order valence-electron chi connectivity index (χ0n) is 18.3. The molecule has 5 rings (SSSR count). The molecule has 2 atom stereocenters. The van der Waals surface area contributed by atoms with Crippen LogP contribution in [-0.4, -0.2) is 35.2 Å². The second-order valence-electron chi connectivity index (χ2n) is 8.24. The van der Waals surface area contributed by atoms with Crippen LogP contribution in [0.25, 0.3) is 17.1 Å². The summed E-state index contributed by atoms with van der Waals surface area (Å²) in [7, 11) is 0. The van der Waals surface area contributed by atoms with E-state index in [0.717, 1.165) is 65.4 Å². The molecular formula is C25H27N3O4. The molecule has 3 aromatic rings. The van der Waals surface area contributed by atoms with Crippen LogP contribution in [0.2, 0.25) is 0 Å². The van der Waals surface area contributed by atoms with Crippen molar-refractivity contribution in [1.29, 1.82) is 0 Å². The smallest absolute Gasteiger partial charge is 0.248 e. The minimum Gasteiger partial charge on any atom is -0.493 e. The minimum atomic E-state index is -0.222. The Morgan fingerprint density at radius 3 is 3.06 bits per heavy atom. The van der Waals surface area contributed by atoms with Crippen LogP contribution in [0.1, 0.15) is 49.7 Å². The van der Waals surface area contributed by atoms with Crippen molar-refractivity contribution in [2.24, 2.45) is 0 Å². The van der Waals surface area contributed by atoms with Crippen molar-refractivity contribution < 1.29 is 19.0 Å². The molecule has 32 heavy (non-hydrogen) atoms. The van der Waals surface area contributed by atoms with Gasteiger partial charge in [0.05, 0.1) is 17.6 Å². The lowest BCUT2D eigenvalue weighted by molar-refractivity contribution is -0.111. The summed E-state index contributed by atoms with van der Waals surface area (Å²) in [5.74, 6) is 2.24. The molecule has 166 valence electrons. The summed E-state index contributed by atoms with van der Waals surface area (Å²) in [6.45, 7) is 5.32. The molecule has 2 unspecified atom stereocenters. The molecule has 1 amide bonds. The topological polar surface area (TPSA) is 85.5 Å². The average molecular weight is 434 g/mol. The first-order valence-corrected chi connectivity index (χ1v) is 11.2. The van der Waals surface area contributed by atoms with Crippen LogP contribution in [0, 0.1) is 0 Å². The molecule has 0 saturated carbocycles. The summed E-state index contributed by atoms with van der Waals surface area (Å²) in [5.41, 5.74) is 4.39. The second kappa shape index (κ2) is 8.67. The van der Waals surface area contributed by atoms with Gasteiger partial charge in [0.2, 0.25) is 5.91 Å². The number of ether oxygens (including phenoxy) is 3. The van der Waals surface area contributed by atoms with Gasteiger partial charge in [-0.3, -0.25) is 4.79 Å². The summed E-state index contributed by atoms with van der Waals surface area (Å²) in [6.07, 6.45) is 6.35. The Bertz CT molecular complexity index is 1180. The maximum Gasteiger partial charge on any atom is 0.248 e. The van der Waals surface area contributed by atoms with Gasteiger partial charge in [0.25, 0.3) is 0 Å². The predicted molar refractivity (Wildman–Crippen MR) is 123 cm³/mol. The lowest BCUT2D eigenvalue weighted by atomic mass is 10.1. The van der Waals surface area contributed by atoms with Gasteiger partial charge in [0, 0.05) is 35.9 Å². The van der Waals surface area contributed by atoms with Gasteiger partial charge in [-0.05, 0) is 63.1 Å². The third kappa shape index (κ3) is 4.21. The van der Waals surface area contributed by atoms with E-state index < -0.39 is 0 Å². The van der Waals surface area contributed by atoms with Crippen LogP contribution in [-0.2, 0) is 16.0 Å². The van der Waals surface area contributed by atoms with Gasteiger partial charge in [-0.2, -0.15) is 0 Å². The largest absolute Gasteiger partial charge is 0.493 e. The Hall–Kier alpha value is -3.32. The Morgan fingerprint density at radius 1 is 1.34 bits per heavy atom. The summed E-state index contributed by atoms with van der Waals surface area (Å²) >= 11 is 0. The molecule has 2 aliphatic heterocycles. The highest BCUT2D eigenvalue weighted by atomic mass is 16.5. The van der Waals surface area contributed by atoms with Crippen molar-refractivity contribution in [2.45, 2.75) is 45.3 Å². The second-order valence-corrected chi connectivity index (χ2v) is 8.24. The van der Waals surface area contributed by atoms with Crippen molar-refractivity contribution in [3.05, 3.63) is 53.4 Å². The summed E-state index contributed by atoms with van der Waals surface area (Å²) in [5, 5.41) is 2.92. The maximum atomic E-state index is 12.6. The first kappa shape index (κ1) is 20.6. The third-order valence-corrected chi connectivity index (χ3v) is 5.74. The molecule has 0 aliphatic carbocycles. The van der Waals surface area contributed by atoms with Crippen molar-refractivity contribution in [3.8, 4) is 11.5 Å². The summed E-state index contributed by atoms with van der Waals surface area (Å²) in [4.78, 5) is 20.5. The number of imidazole rings is 1. The van der Waals surface area contributed by atoms with Crippen molar-refractivity contribution >= 4 is 28.7 Å². The molecular weight excluding hydrogens is 406 g/mol. The molecule has 7 heteroatoms. The van der Waals surface area contributed by atoms with E-state index in [2.05, 4.69) is 15.3 Å². The fraction of sp³-hybridized carbons (Fsp3) is 0.360. The number of fused-ring (bicyclic) bond motifs is 2. The molecule has 2 aromatic carbocycles. The Balaban J connectivity index is 1.31. The Labute approximate surface area is 186 Å². The Kier molecular flexibility index (Phi) is 5.57. The zero-order chi connectivity index (χ0) is 22.1. The molecule has 1 fully saturated rings. The zero-order valence-corrected chi connectivity index (χ0v) is 18.3. The van der Waals surface area contributed by atoms with Crippen LogP contribution < -0.4 is 14.8 Å². The number of anilines is 1. The van der Waals surface area contributed by atoms with Gasteiger partial charge in [-0.25, -0.2) is 4.98 Å². The number of rotatable bonds is 6. The molecule has 3 heterocycles. The number of nitrogens with one attached hydrogen (secondary N) is 2. The highest BCUT2D eigenvalue weighted by Gasteiger charge is 2.22. The highest BCUT2D eigenvalue weighted by Crippen LogP contribution is 2.36. The first-order valence-electron chi connectivity index (χ1n) is 11.2. The van der Waals surface area contributed by atoms with E-state index in [1.165, 1.54) is 6.08 Å². The molecule has 0 radical (unpaired) electrons. The fourth-order valence-corrected chi connectivity index (χ4v) is 4.27. The van der Waals surface area contributed by atoms with Crippen LogP contribution in [0.5, 0.6) is 11.5 Å². The van der Waals surface area contributed by atoms with Crippen molar-refractivity contribution in [1.82, 2.24) is 9.97 Å². The number of hydrogen-bond acceptors (Lipinski definition) is 5. The minimum absolute atomic E-state index is 0.0298. The number of carbonyl (C=O) groups excluding carboxylic acids is 1. The van der Waals surface area contributed by atoms with E-state index in [1.54, 1.807) is 6.08 Å². The molecule has 1 aromatic heterocycles. The van der Waals surface area contributed by atoms with Gasteiger partial charge in [0.15, 0.2) is 0 Å². The number of hydrogen-bond donors (Lipinski definition) is 2. The lowest BCUT2D eigenvalue weighted by Gasteiger charge is -2.10. The Morgan fingerprint density at radius 2 is 2.25 bits per heavy atom. The molecule has 1 saturated heterocycles. The molecule has 2 N–H and O–H groups in total. The van der Waals surface area contributed by atoms with Gasteiger partial charge in [-0.15, -0.1) is 0 Å². The van der Waals surface area contributed by atoms with Crippen LogP contribution >= 0.6 is 0 Å². The molecule has 0 bridgehead atoms. The number of benzene rings is 2. The number of carbonyl (C=O) groups is 1. The van der Waals surface area contributed by atoms with Crippen LogP contribution in [0.4, 0.5) is 5.69 Å². The number of H-pyrrole nitrogens is 1. The molecule has 0 spiro atoms. The van der Waals surface area contributed by atoms with E-state index in [9.17, 15) is 4.79 Å². The lowest BCUT2D eigenvalue weighted by Crippen LogP contribution is -2.07. The SMILES string of the molecule is CCOc1cc2c(cc1/C=C/C(=O)Nc1ccc3nc(C4CCCO4)[nH]c3c1)OC(C)C2. The quantitative estimate of drug-likeness (QED) is 0.546. The molecule has 2 aliphatic rings. The monoisotopic (exact) mass is 433 g/mol. The van der Waals surface area contributed by atoms with E-state index in [1.807, 2.05) is 44.2 Å². The summed E-state index contributed by atoms with van der Waals surface area (Å²) < 4.78 is 17.3. The number of amides is 1. The van der Waals surface area contributed by atoms with E-state index in [4.69, 9.17) is 14.2 Å².